The van der Waals surface area contributed by atoms with E-state index in [-0.39, 0.29) is 12.5 Å². The highest BCUT2D eigenvalue weighted by Crippen LogP contribution is 2.25. The fourth-order valence-electron chi connectivity index (χ4n) is 3.71. The number of aromatic amines is 1. The highest BCUT2D eigenvalue weighted by molar-refractivity contribution is 6.35. The largest absolute Gasteiger partial charge is 0.360 e. The summed E-state index contributed by atoms with van der Waals surface area (Å²) >= 11 is 6.12. The molecule has 5 rings (SSSR count). The van der Waals surface area contributed by atoms with E-state index >= 15 is 0 Å². The third kappa shape index (κ3) is 4.82. The number of halogens is 2. The van der Waals surface area contributed by atoms with Crippen molar-refractivity contribution in [3.05, 3.63) is 112 Å². The SMILES string of the molecule is O=C(NCc1cc2c(Cl)c[nH]c2cc1F)c1ccnc(Cc2ccc(Cn3cccn3)nc2)c1. The highest BCUT2D eigenvalue weighted by atomic mass is 35.5. The van der Waals surface area contributed by atoms with E-state index in [0.717, 1.165) is 17.0 Å². The van der Waals surface area contributed by atoms with Crippen molar-refractivity contribution in [1.82, 2.24) is 30.0 Å². The Labute approximate surface area is 199 Å². The van der Waals surface area contributed by atoms with Crippen LogP contribution in [0.2, 0.25) is 5.02 Å². The average molecular weight is 475 g/mol. The minimum atomic E-state index is -0.412. The summed E-state index contributed by atoms with van der Waals surface area (Å²) in [5.74, 6) is -0.721. The molecular formula is C25H20ClFN6O. The fourth-order valence-corrected chi connectivity index (χ4v) is 3.92. The van der Waals surface area contributed by atoms with Crippen LogP contribution in [-0.4, -0.2) is 30.6 Å². The predicted molar refractivity (Wildman–Crippen MR) is 127 cm³/mol. The molecule has 7 nitrogen and oxygen atoms in total. The number of carbonyl (C=O) groups is 1. The van der Waals surface area contributed by atoms with Crippen molar-refractivity contribution >= 4 is 28.4 Å². The molecule has 0 unspecified atom stereocenters. The number of hydrogen-bond acceptors (Lipinski definition) is 4. The Morgan fingerprint density at radius 3 is 2.82 bits per heavy atom. The van der Waals surface area contributed by atoms with E-state index in [1.165, 1.54) is 6.07 Å². The molecule has 0 aliphatic heterocycles. The minimum absolute atomic E-state index is 0.0431. The second-order valence-electron chi connectivity index (χ2n) is 7.88. The van der Waals surface area contributed by atoms with Crippen LogP contribution >= 0.6 is 11.6 Å². The summed E-state index contributed by atoms with van der Waals surface area (Å²) in [7, 11) is 0. The molecule has 2 N–H and O–H groups in total. The summed E-state index contributed by atoms with van der Waals surface area (Å²) in [4.78, 5) is 24.5. The van der Waals surface area contributed by atoms with E-state index in [1.54, 1.807) is 43.0 Å². The molecule has 0 saturated carbocycles. The molecule has 4 aromatic heterocycles. The molecule has 0 atom stereocenters. The average Bonchev–Trinajstić information content (AvgIpc) is 3.48. The van der Waals surface area contributed by atoms with Crippen molar-refractivity contribution in [1.29, 1.82) is 0 Å². The first kappa shape index (κ1) is 21.8. The van der Waals surface area contributed by atoms with Crippen LogP contribution in [0, 0.1) is 5.82 Å². The Hall–Kier alpha value is -4.04. The van der Waals surface area contributed by atoms with Crippen LogP contribution in [-0.2, 0) is 19.5 Å². The zero-order valence-corrected chi connectivity index (χ0v) is 18.8. The van der Waals surface area contributed by atoms with Gasteiger partial charge in [0.1, 0.15) is 5.82 Å². The molecule has 0 aliphatic carbocycles. The third-order valence-corrected chi connectivity index (χ3v) is 5.78. The lowest BCUT2D eigenvalue weighted by molar-refractivity contribution is 0.0950. The summed E-state index contributed by atoms with van der Waals surface area (Å²) in [5, 5.41) is 8.17. The Morgan fingerprint density at radius 2 is 2.03 bits per heavy atom. The van der Waals surface area contributed by atoms with E-state index in [0.29, 0.717) is 40.0 Å². The summed E-state index contributed by atoms with van der Waals surface area (Å²) in [6, 6.07) is 12.2. The maximum atomic E-state index is 14.4. The fraction of sp³-hybridized carbons (Fsp3) is 0.120. The number of aromatic nitrogens is 5. The molecule has 0 radical (unpaired) electrons. The molecule has 4 heterocycles. The summed E-state index contributed by atoms with van der Waals surface area (Å²) in [6.07, 6.45) is 9.16. The van der Waals surface area contributed by atoms with Crippen LogP contribution in [0.3, 0.4) is 0 Å². The summed E-state index contributed by atoms with van der Waals surface area (Å²) < 4.78 is 16.2. The number of benzene rings is 1. The summed E-state index contributed by atoms with van der Waals surface area (Å²) in [6.45, 7) is 0.645. The van der Waals surface area contributed by atoms with Crippen molar-refractivity contribution in [3.63, 3.8) is 0 Å². The normalized spacial score (nSPS) is 11.1. The lowest BCUT2D eigenvalue weighted by Crippen LogP contribution is -2.23. The van der Waals surface area contributed by atoms with Gasteiger partial charge in [-0.25, -0.2) is 4.39 Å². The molecule has 34 heavy (non-hydrogen) atoms. The third-order valence-electron chi connectivity index (χ3n) is 5.47. The highest BCUT2D eigenvalue weighted by Gasteiger charge is 2.12. The van der Waals surface area contributed by atoms with Gasteiger partial charge in [0.2, 0.25) is 0 Å². The van der Waals surface area contributed by atoms with Gasteiger partial charge in [0.25, 0.3) is 5.91 Å². The summed E-state index contributed by atoms with van der Waals surface area (Å²) in [5.41, 5.74) is 4.04. The van der Waals surface area contributed by atoms with E-state index in [4.69, 9.17) is 11.6 Å². The van der Waals surface area contributed by atoms with Crippen molar-refractivity contribution < 1.29 is 9.18 Å². The van der Waals surface area contributed by atoms with Gasteiger partial charge in [-0.3, -0.25) is 19.4 Å². The maximum Gasteiger partial charge on any atom is 0.251 e. The number of fused-ring (bicyclic) bond motifs is 1. The van der Waals surface area contributed by atoms with Crippen LogP contribution in [0.4, 0.5) is 4.39 Å². The topological polar surface area (TPSA) is 88.5 Å². The molecular weight excluding hydrogens is 455 g/mol. The molecule has 170 valence electrons. The minimum Gasteiger partial charge on any atom is -0.360 e. The van der Waals surface area contributed by atoms with E-state index < -0.39 is 5.82 Å². The number of carbonyl (C=O) groups excluding carboxylic acids is 1. The zero-order chi connectivity index (χ0) is 23.5. The lowest BCUT2D eigenvalue weighted by Gasteiger charge is -2.09. The van der Waals surface area contributed by atoms with Gasteiger partial charge in [0.05, 0.1) is 17.3 Å². The van der Waals surface area contributed by atoms with Crippen LogP contribution in [0.15, 0.2) is 73.4 Å². The Bertz CT molecular complexity index is 1450. The smallest absolute Gasteiger partial charge is 0.251 e. The van der Waals surface area contributed by atoms with E-state index in [9.17, 15) is 9.18 Å². The van der Waals surface area contributed by atoms with Crippen LogP contribution in [0.25, 0.3) is 10.9 Å². The Morgan fingerprint density at radius 1 is 1.12 bits per heavy atom. The molecule has 1 amide bonds. The van der Waals surface area contributed by atoms with Gasteiger partial charge in [-0.2, -0.15) is 5.10 Å². The quantitative estimate of drug-likeness (QED) is 0.363. The Kier molecular flexibility index (Phi) is 6.05. The first-order chi connectivity index (χ1) is 16.5. The molecule has 0 bridgehead atoms. The van der Waals surface area contributed by atoms with Gasteiger partial charge in [0, 0.05) is 71.7 Å². The van der Waals surface area contributed by atoms with Crippen LogP contribution < -0.4 is 5.32 Å². The first-order valence-corrected chi connectivity index (χ1v) is 11.0. The van der Waals surface area contributed by atoms with Gasteiger partial charge in [-0.1, -0.05) is 17.7 Å². The second kappa shape index (κ2) is 9.44. The Balaban J connectivity index is 1.23. The second-order valence-corrected chi connectivity index (χ2v) is 8.29. The maximum absolute atomic E-state index is 14.4. The van der Waals surface area contributed by atoms with Gasteiger partial charge in [-0.15, -0.1) is 0 Å². The van der Waals surface area contributed by atoms with Crippen molar-refractivity contribution in [3.8, 4) is 0 Å². The standard InChI is InChI=1S/C25H20ClFN6O/c26-22-14-30-24-11-23(27)18(10-21(22)24)13-31-25(34)17-4-6-28-20(9-17)8-16-2-3-19(29-12-16)15-33-7-1-5-32-33/h1-7,9-12,14,30H,8,13,15H2,(H,31,34). The number of amides is 1. The lowest BCUT2D eigenvalue weighted by atomic mass is 10.1. The molecule has 0 fully saturated rings. The zero-order valence-electron chi connectivity index (χ0n) is 18.0. The molecule has 0 saturated heterocycles. The predicted octanol–water partition coefficient (Wildman–Crippen LogP) is 4.52. The number of hydrogen-bond donors (Lipinski definition) is 2. The van der Waals surface area contributed by atoms with Gasteiger partial charge >= 0.3 is 0 Å². The number of nitrogens with one attached hydrogen (secondary N) is 2. The van der Waals surface area contributed by atoms with Gasteiger partial charge < -0.3 is 10.3 Å². The van der Waals surface area contributed by atoms with Crippen LogP contribution in [0.5, 0.6) is 0 Å². The number of rotatable bonds is 7. The number of nitrogens with zero attached hydrogens (tertiary/aromatic N) is 4. The van der Waals surface area contributed by atoms with Gasteiger partial charge in [0.15, 0.2) is 0 Å². The van der Waals surface area contributed by atoms with Gasteiger partial charge in [-0.05, 0) is 42.0 Å². The molecule has 0 spiro atoms. The van der Waals surface area contributed by atoms with Crippen LogP contribution in [0.1, 0.15) is 32.9 Å². The van der Waals surface area contributed by atoms with Crippen molar-refractivity contribution in [2.45, 2.75) is 19.5 Å². The van der Waals surface area contributed by atoms with Crippen molar-refractivity contribution in [2.24, 2.45) is 0 Å². The first-order valence-electron chi connectivity index (χ1n) is 10.6. The molecule has 5 aromatic rings. The molecule has 0 aliphatic rings. The van der Waals surface area contributed by atoms with Crippen molar-refractivity contribution in [2.75, 3.05) is 0 Å². The number of H-pyrrole nitrogens is 1. The molecule has 9 heteroatoms. The van der Waals surface area contributed by atoms with E-state index in [2.05, 4.69) is 25.4 Å². The molecule has 1 aromatic carbocycles. The van der Waals surface area contributed by atoms with E-state index in [1.807, 2.05) is 29.1 Å². The monoisotopic (exact) mass is 474 g/mol. The number of pyridine rings is 2.